The lowest BCUT2D eigenvalue weighted by Gasteiger charge is -2.37. The van der Waals surface area contributed by atoms with Crippen LogP contribution >= 0.6 is 15.9 Å². The Labute approximate surface area is 204 Å². The molecule has 1 fully saturated rings. The van der Waals surface area contributed by atoms with Gasteiger partial charge in [0.2, 0.25) is 5.43 Å². The lowest BCUT2D eigenvalue weighted by molar-refractivity contribution is 0.0960. The molecule has 3 aromatic rings. The predicted octanol–water partition coefficient (Wildman–Crippen LogP) is 3.37. The van der Waals surface area contributed by atoms with Crippen molar-refractivity contribution in [2.75, 3.05) is 50.2 Å². The number of nitrogens with zero attached hydrogens (tertiary/aromatic N) is 3. The average Bonchev–Trinajstić information content (AvgIpc) is 2.82. The Morgan fingerprint density at radius 2 is 1.88 bits per heavy atom. The number of likely N-dealkylation sites (N-methyl/N-ethyl adjacent to an activating group) is 1. The van der Waals surface area contributed by atoms with E-state index in [0.717, 1.165) is 17.6 Å². The Morgan fingerprint density at radius 3 is 2.59 bits per heavy atom. The third-order valence-corrected chi connectivity index (χ3v) is 6.90. The number of nitrogens with one attached hydrogen (secondary N) is 2. The number of hydrazine groups is 1. The van der Waals surface area contributed by atoms with Gasteiger partial charge in [-0.15, -0.1) is 0 Å². The molecule has 2 N–H and O–H groups in total. The number of hydrogen-bond acceptors (Lipinski definition) is 6. The van der Waals surface area contributed by atoms with E-state index in [1.54, 1.807) is 18.3 Å². The summed E-state index contributed by atoms with van der Waals surface area (Å²) in [6, 6.07) is 8.32. The van der Waals surface area contributed by atoms with E-state index in [0.29, 0.717) is 42.3 Å². The van der Waals surface area contributed by atoms with Gasteiger partial charge < -0.3 is 19.1 Å². The molecule has 34 heavy (non-hydrogen) atoms. The fourth-order valence-electron chi connectivity index (χ4n) is 4.43. The van der Waals surface area contributed by atoms with Crippen LogP contribution in [0.4, 0.5) is 15.8 Å². The summed E-state index contributed by atoms with van der Waals surface area (Å²) < 4.78 is 24.2. The quantitative estimate of drug-likeness (QED) is 0.504. The van der Waals surface area contributed by atoms with E-state index in [1.165, 1.54) is 6.07 Å². The highest BCUT2D eigenvalue weighted by Gasteiger charge is 2.31. The van der Waals surface area contributed by atoms with Crippen LogP contribution in [0.3, 0.4) is 0 Å². The standard InChI is InChI=1S/C24H25BrFN5O3/c1-14-13-34-23-20-17(11-19(26)21(23)30-9-7-29(2)8-10-30)22(32)18(12-31(14)20)24(33)28-27-16-5-3-15(25)4-6-16/h3-6,11-12,14,27H,7-10,13H2,1-2H3,(H,28,33)/t14-/m0/s1. The highest BCUT2D eigenvalue weighted by atomic mass is 79.9. The zero-order chi connectivity index (χ0) is 24.0. The second-order valence-corrected chi connectivity index (χ2v) is 9.66. The molecule has 1 aromatic heterocycles. The molecule has 0 spiro atoms. The van der Waals surface area contributed by atoms with Crippen LogP contribution < -0.4 is 25.9 Å². The molecule has 2 aromatic carbocycles. The number of pyridine rings is 1. The second-order valence-electron chi connectivity index (χ2n) is 8.75. The highest BCUT2D eigenvalue weighted by Crippen LogP contribution is 2.42. The Balaban J connectivity index is 1.55. The number of amides is 1. The Bertz CT molecular complexity index is 1320. The maximum absolute atomic E-state index is 15.4. The molecule has 5 rings (SSSR count). The molecule has 0 radical (unpaired) electrons. The van der Waals surface area contributed by atoms with Crippen LogP contribution in [0.1, 0.15) is 23.3 Å². The van der Waals surface area contributed by atoms with Gasteiger partial charge in [0.15, 0.2) is 11.6 Å². The minimum Gasteiger partial charge on any atom is -0.487 e. The second kappa shape index (κ2) is 8.92. The van der Waals surface area contributed by atoms with Gasteiger partial charge in [-0.25, -0.2) is 4.39 Å². The third-order valence-electron chi connectivity index (χ3n) is 6.37. The van der Waals surface area contributed by atoms with Crippen LogP contribution in [-0.4, -0.2) is 55.2 Å². The number of rotatable bonds is 4. The number of ether oxygens (including phenoxy) is 1. The summed E-state index contributed by atoms with van der Waals surface area (Å²) in [6.45, 7) is 5.20. The van der Waals surface area contributed by atoms with Crippen LogP contribution in [0.25, 0.3) is 10.9 Å². The molecule has 0 aliphatic carbocycles. The van der Waals surface area contributed by atoms with Gasteiger partial charge in [0, 0.05) is 36.8 Å². The summed E-state index contributed by atoms with van der Waals surface area (Å²) in [5, 5.41) is 0.133. The van der Waals surface area contributed by atoms with Gasteiger partial charge in [0.05, 0.1) is 22.6 Å². The minimum atomic E-state index is -0.595. The molecule has 0 unspecified atom stereocenters. The van der Waals surface area contributed by atoms with E-state index in [2.05, 4.69) is 31.7 Å². The van der Waals surface area contributed by atoms with Gasteiger partial charge in [-0.2, -0.15) is 0 Å². The molecule has 2 aliphatic heterocycles. The molecular weight excluding hydrogens is 505 g/mol. The van der Waals surface area contributed by atoms with E-state index in [9.17, 15) is 9.59 Å². The topological polar surface area (TPSA) is 78.8 Å². The molecule has 3 heterocycles. The van der Waals surface area contributed by atoms with Gasteiger partial charge in [0.25, 0.3) is 5.91 Å². The molecule has 2 aliphatic rings. The van der Waals surface area contributed by atoms with Crippen LogP contribution in [0.15, 0.2) is 45.8 Å². The lowest BCUT2D eigenvalue weighted by Crippen LogP contribution is -2.45. The van der Waals surface area contributed by atoms with Crippen molar-refractivity contribution >= 4 is 44.1 Å². The Kier molecular flexibility index (Phi) is 5.95. The van der Waals surface area contributed by atoms with Crippen molar-refractivity contribution in [3.8, 4) is 5.75 Å². The summed E-state index contributed by atoms with van der Waals surface area (Å²) >= 11 is 3.36. The van der Waals surface area contributed by atoms with Crippen molar-refractivity contribution in [2.45, 2.75) is 13.0 Å². The third kappa shape index (κ3) is 4.01. The van der Waals surface area contributed by atoms with Gasteiger partial charge in [0.1, 0.15) is 17.9 Å². The van der Waals surface area contributed by atoms with E-state index in [-0.39, 0.29) is 17.0 Å². The van der Waals surface area contributed by atoms with Gasteiger partial charge in [-0.05, 0) is 44.3 Å². The zero-order valence-electron chi connectivity index (χ0n) is 18.9. The number of hydrogen-bond donors (Lipinski definition) is 2. The van der Waals surface area contributed by atoms with Crippen LogP contribution in [0.2, 0.25) is 0 Å². The molecule has 8 nitrogen and oxygen atoms in total. The van der Waals surface area contributed by atoms with Crippen molar-refractivity contribution in [3.63, 3.8) is 0 Å². The van der Waals surface area contributed by atoms with Crippen LogP contribution in [0.5, 0.6) is 5.75 Å². The Morgan fingerprint density at radius 1 is 1.18 bits per heavy atom. The van der Waals surface area contributed by atoms with Crippen molar-refractivity contribution in [1.29, 1.82) is 0 Å². The predicted molar refractivity (Wildman–Crippen MR) is 133 cm³/mol. The number of aromatic nitrogens is 1. The number of piperazine rings is 1. The summed E-state index contributed by atoms with van der Waals surface area (Å²) in [5.41, 5.74) is 6.34. The van der Waals surface area contributed by atoms with E-state index < -0.39 is 17.2 Å². The van der Waals surface area contributed by atoms with E-state index >= 15 is 4.39 Å². The van der Waals surface area contributed by atoms with E-state index in [4.69, 9.17) is 4.74 Å². The molecule has 178 valence electrons. The molecule has 1 amide bonds. The minimum absolute atomic E-state index is 0.0661. The first kappa shape index (κ1) is 22.7. The van der Waals surface area contributed by atoms with Gasteiger partial charge in [-0.1, -0.05) is 15.9 Å². The summed E-state index contributed by atoms with van der Waals surface area (Å²) in [4.78, 5) is 30.4. The largest absolute Gasteiger partial charge is 0.487 e. The molecular formula is C24H25BrFN5O3. The normalized spacial score (nSPS) is 18.0. The van der Waals surface area contributed by atoms with Crippen LogP contribution in [0, 0.1) is 5.82 Å². The van der Waals surface area contributed by atoms with Crippen molar-refractivity contribution in [1.82, 2.24) is 14.9 Å². The van der Waals surface area contributed by atoms with Crippen molar-refractivity contribution < 1.29 is 13.9 Å². The molecule has 0 saturated carbocycles. The smallest absolute Gasteiger partial charge is 0.275 e. The van der Waals surface area contributed by atoms with Gasteiger partial charge >= 0.3 is 0 Å². The summed E-state index contributed by atoms with van der Waals surface area (Å²) in [5.74, 6) is -0.743. The first-order valence-corrected chi connectivity index (χ1v) is 11.9. The fourth-order valence-corrected chi connectivity index (χ4v) is 4.69. The maximum atomic E-state index is 15.4. The van der Waals surface area contributed by atoms with E-state index in [1.807, 2.05) is 35.6 Å². The zero-order valence-corrected chi connectivity index (χ0v) is 20.5. The first-order valence-electron chi connectivity index (χ1n) is 11.1. The molecule has 0 bridgehead atoms. The highest BCUT2D eigenvalue weighted by molar-refractivity contribution is 9.10. The monoisotopic (exact) mass is 529 g/mol. The fraction of sp³-hybridized carbons (Fsp3) is 0.333. The number of halogens is 2. The number of anilines is 2. The van der Waals surface area contributed by atoms with Crippen LogP contribution in [-0.2, 0) is 0 Å². The summed E-state index contributed by atoms with van der Waals surface area (Å²) in [7, 11) is 2.03. The Hall–Kier alpha value is -3.11. The number of benzene rings is 2. The maximum Gasteiger partial charge on any atom is 0.275 e. The molecule has 1 atom stereocenters. The average molecular weight is 530 g/mol. The molecule has 10 heteroatoms. The summed E-state index contributed by atoms with van der Waals surface area (Å²) in [6.07, 6.45) is 1.55. The number of carbonyl (C=O) groups excluding carboxylic acids is 1. The van der Waals surface area contributed by atoms with Crippen molar-refractivity contribution in [2.24, 2.45) is 0 Å². The first-order chi connectivity index (χ1) is 16.3. The van der Waals surface area contributed by atoms with Gasteiger partial charge in [-0.3, -0.25) is 20.4 Å². The lowest BCUT2D eigenvalue weighted by atomic mass is 10.0. The number of carbonyl (C=O) groups is 1. The SMILES string of the molecule is C[C@H]1COc2c(N3CCN(C)CC3)c(F)cc3c(=O)c(C(=O)NNc4ccc(Br)cc4)cn1c23. The molecule has 1 saturated heterocycles. The van der Waals surface area contributed by atoms with Crippen molar-refractivity contribution in [3.05, 3.63) is 62.6 Å².